The average molecular weight is 236 g/mol. The van der Waals surface area contributed by atoms with Crippen LogP contribution < -0.4 is 0 Å². The minimum atomic E-state index is -0.738. The summed E-state index contributed by atoms with van der Waals surface area (Å²) in [5.41, 5.74) is -0.738. The minimum absolute atomic E-state index is 0. The molecule has 7 heavy (non-hydrogen) atoms. The van der Waals surface area contributed by atoms with E-state index < -0.39 is 5.43 Å². The Balaban J connectivity index is 0. The normalized spacial score (nSPS) is 6.57. The summed E-state index contributed by atoms with van der Waals surface area (Å²) in [4.78, 5) is 9.59. The lowest BCUT2D eigenvalue weighted by atomic mass is 10.9. The molecule has 0 bridgehead atoms. The maximum Gasteiger partial charge on any atom is 0.403 e. The molecule has 4 heteroatoms. The predicted octanol–water partition coefficient (Wildman–Crippen LogP) is 2.00. The van der Waals surface area contributed by atoms with Gasteiger partial charge in [0.1, 0.15) is 0 Å². The Morgan fingerprint density at radius 3 is 2.29 bits per heavy atom. The molecular weight excluding hydrogens is 230 g/mol. The fraction of sp³-hybridized carbons (Fsp3) is 0.667. The third-order valence-electron chi connectivity index (χ3n) is 0.258. The van der Waals surface area contributed by atoms with Crippen LogP contribution in [-0.2, 0) is 4.74 Å². The second kappa shape index (κ2) is 6.49. The molecule has 0 aromatic rings. The Morgan fingerprint density at radius 1 is 1.86 bits per heavy atom. The molecule has 0 spiro atoms. The van der Waals surface area contributed by atoms with Crippen LogP contribution in [0.25, 0.3) is 0 Å². The predicted molar refractivity (Wildman–Crippen MR) is 38.3 cm³/mol. The molecule has 0 amide bonds. The van der Waals surface area contributed by atoms with Gasteiger partial charge in [-0.25, -0.2) is 4.79 Å². The van der Waals surface area contributed by atoms with Crippen molar-refractivity contribution in [3.8, 4) is 0 Å². The van der Waals surface area contributed by atoms with Crippen molar-refractivity contribution in [1.82, 2.24) is 0 Å². The maximum atomic E-state index is 9.59. The van der Waals surface area contributed by atoms with Crippen LogP contribution in [0.4, 0.5) is 4.79 Å². The van der Waals surface area contributed by atoms with Gasteiger partial charge in [0.05, 0.1) is 6.61 Å². The summed E-state index contributed by atoms with van der Waals surface area (Å²) in [6.07, 6.45) is 0. The third kappa shape index (κ3) is 10.7. The first-order valence-electron chi connectivity index (χ1n) is 1.59. The van der Waals surface area contributed by atoms with Gasteiger partial charge in [0.2, 0.25) is 0 Å². The molecular formula is C3H6ClIO2. The van der Waals surface area contributed by atoms with E-state index in [-0.39, 0.29) is 24.0 Å². The van der Waals surface area contributed by atoms with Crippen LogP contribution in [0.3, 0.4) is 0 Å². The fourth-order valence-electron chi connectivity index (χ4n) is 0.113. The highest BCUT2D eigenvalue weighted by atomic mass is 127. The van der Waals surface area contributed by atoms with Crippen LogP contribution in [0.15, 0.2) is 0 Å². The van der Waals surface area contributed by atoms with Crippen molar-refractivity contribution in [1.29, 1.82) is 0 Å². The molecule has 0 fully saturated rings. The van der Waals surface area contributed by atoms with Crippen molar-refractivity contribution in [2.45, 2.75) is 6.92 Å². The Morgan fingerprint density at radius 2 is 2.29 bits per heavy atom. The standard InChI is InChI=1S/C3H5ClO2.HI/c1-2-6-3(4)5;/h2H2,1H3;1H. The number of hydrogen-bond acceptors (Lipinski definition) is 2. The largest absolute Gasteiger partial charge is 0.454 e. The van der Waals surface area contributed by atoms with Crippen molar-refractivity contribution >= 4 is 41.0 Å². The Hall–Kier alpha value is 0.490. The highest BCUT2D eigenvalue weighted by Gasteiger charge is 1.85. The molecule has 0 aliphatic heterocycles. The first-order valence-corrected chi connectivity index (χ1v) is 1.97. The monoisotopic (exact) mass is 236 g/mol. The molecule has 0 saturated carbocycles. The van der Waals surface area contributed by atoms with Crippen molar-refractivity contribution in [3.63, 3.8) is 0 Å². The van der Waals surface area contributed by atoms with E-state index in [1.54, 1.807) is 6.92 Å². The van der Waals surface area contributed by atoms with Crippen LogP contribution in [0.2, 0.25) is 0 Å². The van der Waals surface area contributed by atoms with Crippen LogP contribution in [0.1, 0.15) is 6.92 Å². The third-order valence-corrected chi connectivity index (χ3v) is 0.367. The van der Waals surface area contributed by atoms with Gasteiger partial charge >= 0.3 is 5.43 Å². The fourth-order valence-corrected chi connectivity index (χ4v) is 0.223. The summed E-state index contributed by atoms with van der Waals surface area (Å²) in [5, 5.41) is 0. The second-order valence-corrected chi connectivity index (χ2v) is 0.979. The molecule has 0 aliphatic carbocycles. The van der Waals surface area contributed by atoms with E-state index in [0.717, 1.165) is 0 Å². The molecule has 0 aromatic heterocycles. The molecule has 0 saturated heterocycles. The smallest absolute Gasteiger partial charge is 0.403 e. The van der Waals surface area contributed by atoms with Crippen LogP contribution >= 0.6 is 35.6 Å². The van der Waals surface area contributed by atoms with E-state index >= 15 is 0 Å². The molecule has 0 atom stereocenters. The van der Waals surface area contributed by atoms with E-state index in [9.17, 15) is 4.79 Å². The summed E-state index contributed by atoms with van der Waals surface area (Å²) in [6, 6.07) is 0. The lowest BCUT2D eigenvalue weighted by Crippen LogP contribution is -1.89. The zero-order valence-corrected chi connectivity index (χ0v) is 6.90. The second-order valence-electron chi connectivity index (χ2n) is 0.671. The van der Waals surface area contributed by atoms with E-state index in [1.807, 2.05) is 0 Å². The van der Waals surface area contributed by atoms with Gasteiger partial charge < -0.3 is 4.74 Å². The molecule has 0 radical (unpaired) electrons. The van der Waals surface area contributed by atoms with Gasteiger partial charge in [-0.2, -0.15) is 0 Å². The average Bonchev–Trinajstić information content (AvgIpc) is 1.35. The summed E-state index contributed by atoms with van der Waals surface area (Å²) >= 11 is 4.72. The summed E-state index contributed by atoms with van der Waals surface area (Å²) in [5.74, 6) is 0. The van der Waals surface area contributed by atoms with Crippen molar-refractivity contribution < 1.29 is 9.53 Å². The summed E-state index contributed by atoms with van der Waals surface area (Å²) in [7, 11) is 0. The van der Waals surface area contributed by atoms with Crippen molar-refractivity contribution in [3.05, 3.63) is 0 Å². The van der Waals surface area contributed by atoms with E-state index in [0.29, 0.717) is 6.61 Å². The van der Waals surface area contributed by atoms with Gasteiger partial charge in [-0.05, 0) is 6.92 Å². The van der Waals surface area contributed by atoms with E-state index in [2.05, 4.69) is 4.74 Å². The minimum Gasteiger partial charge on any atom is -0.454 e. The Labute approximate surface area is 64.2 Å². The van der Waals surface area contributed by atoms with Gasteiger partial charge in [-0.3, -0.25) is 0 Å². The molecule has 2 nitrogen and oxygen atoms in total. The molecule has 0 unspecified atom stereocenters. The number of halogens is 2. The topological polar surface area (TPSA) is 26.3 Å². The quantitative estimate of drug-likeness (QED) is 0.514. The summed E-state index contributed by atoms with van der Waals surface area (Å²) < 4.78 is 4.17. The van der Waals surface area contributed by atoms with Gasteiger partial charge in [0.25, 0.3) is 0 Å². The first-order chi connectivity index (χ1) is 2.77. The number of carbonyl (C=O) groups is 1. The Bertz CT molecular complexity index is 56.9. The van der Waals surface area contributed by atoms with Crippen molar-refractivity contribution in [2.75, 3.05) is 6.61 Å². The van der Waals surface area contributed by atoms with Crippen LogP contribution in [0, 0.1) is 0 Å². The van der Waals surface area contributed by atoms with Gasteiger partial charge in [-0.1, -0.05) is 0 Å². The van der Waals surface area contributed by atoms with Gasteiger partial charge in [0.15, 0.2) is 0 Å². The number of rotatable bonds is 1. The molecule has 0 N–H and O–H groups in total. The highest BCUT2D eigenvalue weighted by molar-refractivity contribution is 14.0. The first kappa shape index (κ1) is 10.5. The maximum absolute atomic E-state index is 9.59. The number of ether oxygens (including phenoxy) is 1. The zero-order valence-electron chi connectivity index (χ0n) is 3.81. The zero-order chi connectivity index (χ0) is 4.99. The SMILES string of the molecule is CCOC(=O)Cl.I. The molecule has 0 aromatic carbocycles. The molecule has 0 rings (SSSR count). The lowest BCUT2D eigenvalue weighted by molar-refractivity contribution is 0.180. The molecule has 44 valence electrons. The van der Waals surface area contributed by atoms with Crippen molar-refractivity contribution in [2.24, 2.45) is 0 Å². The lowest BCUT2D eigenvalue weighted by Gasteiger charge is -1.86. The van der Waals surface area contributed by atoms with Gasteiger partial charge in [-0.15, -0.1) is 24.0 Å². The van der Waals surface area contributed by atoms with Crippen LogP contribution in [-0.4, -0.2) is 12.0 Å². The van der Waals surface area contributed by atoms with E-state index in [4.69, 9.17) is 11.6 Å². The molecule has 0 heterocycles. The summed E-state index contributed by atoms with van der Waals surface area (Å²) in [6.45, 7) is 2.04. The highest BCUT2D eigenvalue weighted by Crippen LogP contribution is 1.82. The van der Waals surface area contributed by atoms with Crippen LogP contribution in [0.5, 0.6) is 0 Å². The Kier molecular flexibility index (Phi) is 9.70. The van der Waals surface area contributed by atoms with E-state index in [1.165, 1.54) is 0 Å². The number of carbonyl (C=O) groups excluding carboxylic acids is 1. The van der Waals surface area contributed by atoms with Gasteiger partial charge in [0, 0.05) is 11.6 Å². The molecule has 0 aliphatic rings. The number of hydrogen-bond donors (Lipinski definition) is 0.